The maximum atomic E-state index is 12.2. The van der Waals surface area contributed by atoms with Gasteiger partial charge in [-0.2, -0.15) is 5.10 Å². The SMILES string of the molecule is CN(Cc1cnn(-c2ccccc2)c1)C(=O)CSc1ncccn1. The maximum absolute atomic E-state index is 12.2. The summed E-state index contributed by atoms with van der Waals surface area (Å²) in [4.78, 5) is 22.1. The average molecular weight is 339 g/mol. The molecule has 0 aliphatic rings. The Kier molecular flexibility index (Phi) is 5.22. The fourth-order valence-corrected chi connectivity index (χ4v) is 2.87. The number of carbonyl (C=O) groups excluding carboxylic acids is 1. The van der Waals surface area contributed by atoms with E-state index < -0.39 is 0 Å². The monoisotopic (exact) mass is 339 g/mol. The molecule has 0 saturated carbocycles. The lowest BCUT2D eigenvalue weighted by Gasteiger charge is -2.15. The van der Waals surface area contributed by atoms with Gasteiger partial charge in [0.15, 0.2) is 5.16 Å². The molecule has 0 saturated heterocycles. The van der Waals surface area contributed by atoms with Crippen molar-refractivity contribution >= 4 is 17.7 Å². The summed E-state index contributed by atoms with van der Waals surface area (Å²) in [6.45, 7) is 0.516. The van der Waals surface area contributed by atoms with Gasteiger partial charge in [-0.05, 0) is 18.2 Å². The Morgan fingerprint density at radius 3 is 2.67 bits per heavy atom. The quantitative estimate of drug-likeness (QED) is 0.510. The molecule has 6 nitrogen and oxygen atoms in total. The van der Waals surface area contributed by atoms with Crippen molar-refractivity contribution in [3.8, 4) is 5.69 Å². The molecule has 0 unspecified atom stereocenters. The normalized spacial score (nSPS) is 10.5. The van der Waals surface area contributed by atoms with E-state index >= 15 is 0 Å². The summed E-state index contributed by atoms with van der Waals surface area (Å²) < 4.78 is 1.81. The van der Waals surface area contributed by atoms with Crippen LogP contribution in [0, 0.1) is 0 Å². The second-order valence-corrected chi connectivity index (χ2v) is 6.14. The predicted molar refractivity (Wildman–Crippen MR) is 92.8 cm³/mol. The molecule has 0 bridgehead atoms. The van der Waals surface area contributed by atoms with Gasteiger partial charge in [-0.1, -0.05) is 30.0 Å². The van der Waals surface area contributed by atoms with Crippen LogP contribution in [-0.4, -0.2) is 43.4 Å². The molecular weight excluding hydrogens is 322 g/mol. The average Bonchev–Trinajstić information content (AvgIpc) is 3.10. The molecule has 0 spiro atoms. The molecule has 1 amide bonds. The van der Waals surface area contributed by atoms with Gasteiger partial charge in [-0.15, -0.1) is 0 Å². The molecule has 24 heavy (non-hydrogen) atoms. The van der Waals surface area contributed by atoms with Gasteiger partial charge >= 0.3 is 0 Å². The summed E-state index contributed by atoms with van der Waals surface area (Å²) in [7, 11) is 1.79. The molecule has 2 aromatic heterocycles. The number of hydrogen-bond acceptors (Lipinski definition) is 5. The smallest absolute Gasteiger partial charge is 0.233 e. The van der Waals surface area contributed by atoms with Crippen LogP contribution in [0.5, 0.6) is 0 Å². The van der Waals surface area contributed by atoms with Crippen LogP contribution in [0.2, 0.25) is 0 Å². The summed E-state index contributed by atoms with van der Waals surface area (Å²) in [6.07, 6.45) is 7.06. The Morgan fingerprint density at radius 2 is 1.92 bits per heavy atom. The van der Waals surface area contributed by atoms with Crippen molar-refractivity contribution in [2.45, 2.75) is 11.7 Å². The zero-order valence-corrected chi connectivity index (χ0v) is 14.1. The molecule has 0 atom stereocenters. The van der Waals surface area contributed by atoms with Crippen molar-refractivity contribution in [1.29, 1.82) is 0 Å². The number of carbonyl (C=O) groups is 1. The van der Waals surface area contributed by atoms with E-state index in [1.807, 2.05) is 36.5 Å². The van der Waals surface area contributed by atoms with Crippen molar-refractivity contribution in [2.24, 2.45) is 0 Å². The van der Waals surface area contributed by atoms with E-state index in [1.54, 1.807) is 41.3 Å². The Balaban J connectivity index is 1.55. The first-order valence-corrected chi connectivity index (χ1v) is 8.43. The third-order valence-electron chi connectivity index (χ3n) is 3.37. The summed E-state index contributed by atoms with van der Waals surface area (Å²) in [5.41, 5.74) is 1.98. The van der Waals surface area contributed by atoms with Crippen molar-refractivity contribution in [2.75, 3.05) is 12.8 Å². The number of amides is 1. The Labute approximate surface area is 144 Å². The van der Waals surface area contributed by atoms with Gasteiger partial charge in [-0.25, -0.2) is 14.6 Å². The molecule has 3 aromatic rings. The van der Waals surface area contributed by atoms with Crippen LogP contribution in [0.25, 0.3) is 5.69 Å². The molecular formula is C17H17N5OS. The second-order valence-electron chi connectivity index (χ2n) is 5.20. The molecule has 0 aliphatic carbocycles. The van der Waals surface area contributed by atoms with Crippen molar-refractivity contribution < 1.29 is 4.79 Å². The van der Waals surface area contributed by atoms with Crippen LogP contribution >= 0.6 is 11.8 Å². The van der Waals surface area contributed by atoms with Crippen LogP contribution in [0.15, 0.2) is 66.3 Å². The van der Waals surface area contributed by atoms with E-state index in [0.29, 0.717) is 17.5 Å². The van der Waals surface area contributed by atoms with Crippen LogP contribution in [-0.2, 0) is 11.3 Å². The minimum atomic E-state index is 0.0277. The zero-order valence-electron chi connectivity index (χ0n) is 13.2. The summed E-state index contributed by atoms with van der Waals surface area (Å²) in [5.74, 6) is 0.341. The second kappa shape index (κ2) is 7.74. The summed E-state index contributed by atoms with van der Waals surface area (Å²) in [5, 5.41) is 4.95. The van der Waals surface area contributed by atoms with Crippen molar-refractivity contribution in [3.63, 3.8) is 0 Å². The fourth-order valence-electron chi connectivity index (χ4n) is 2.12. The Hall–Kier alpha value is -2.67. The first-order valence-electron chi connectivity index (χ1n) is 7.45. The lowest BCUT2D eigenvalue weighted by molar-refractivity contribution is -0.127. The number of thioether (sulfide) groups is 1. The predicted octanol–water partition coefficient (Wildman–Crippen LogP) is 2.41. The number of para-hydroxylation sites is 1. The summed E-state index contributed by atoms with van der Waals surface area (Å²) in [6, 6.07) is 11.6. The van der Waals surface area contributed by atoms with Crippen LogP contribution in [0.3, 0.4) is 0 Å². The summed E-state index contributed by atoms with van der Waals surface area (Å²) >= 11 is 1.34. The minimum Gasteiger partial charge on any atom is -0.341 e. The van der Waals surface area contributed by atoms with E-state index in [1.165, 1.54) is 11.8 Å². The van der Waals surface area contributed by atoms with Crippen molar-refractivity contribution in [1.82, 2.24) is 24.6 Å². The molecule has 0 aliphatic heterocycles. The van der Waals surface area contributed by atoms with Crippen LogP contribution in [0.1, 0.15) is 5.56 Å². The van der Waals surface area contributed by atoms with E-state index in [4.69, 9.17) is 0 Å². The number of hydrogen-bond donors (Lipinski definition) is 0. The molecule has 1 aromatic carbocycles. The number of aromatic nitrogens is 4. The molecule has 0 N–H and O–H groups in total. The number of nitrogens with zero attached hydrogens (tertiary/aromatic N) is 5. The van der Waals surface area contributed by atoms with Gasteiger partial charge in [-0.3, -0.25) is 4.79 Å². The largest absolute Gasteiger partial charge is 0.341 e. The van der Waals surface area contributed by atoms with Gasteiger partial charge in [0.1, 0.15) is 0 Å². The molecule has 3 rings (SSSR count). The Bertz CT molecular complexity index is 791. The highest BCUT2D eigenvalue weighted by molar-refractivity contribution is 7.99. The first-order chi connectivity index (χ1) is 11.7. The number of benzene rings is 1. The third-order valence-corrected chi connectivity index (χ3v) is 4.23. The van der Waals surface area contributed by atoms with Crippen molar-refractivity contribution in [3.05, 3.63) is 66.7 Å². The maximum Gasteiger partial charge on any atom is 0.233 e. The van der Waals surface area contributed by atoms with Crippen LogP contribution < -0.4 is 0 Å². The van der Waals surface area contributed by atoms with Gasteiger partial charge in [0.25, 0.3) is 0 Å². The van der Waals surface area contributed by atoms with E-state index in [-0.39, 0.29) is 5.91 Å². The topological polar surface area (TPSA) is 63.9 Å². The standard InChI is InChI=1S/C17H17N5OS/c1-21(16(23)13-24-17-18-8-5-9-19-17)11-14-10-20-22(12-14)15-6-3-2-4-7-15/h2-10,12H,11,13H2,1H3. The van der Waals surface area contributed by atoms with E-state index in [9.17, 15) is 4.79 Å². The van der Waals surface area contributed by atoms with E-state index in [2.05, 4.69) is 15.1 Å². The lowest BCUT2D eigenvalue weighted by atomic mass is 10.3. The van der Waals surface area contributed by atoms with Crippen LogP contribution in [0.4, 0.5) is 0 Å². The molecule has 7 heteroatoms. The van der Waals surface area contributed by atoms with E-state index in [0.717, 1.165) is 11.3 Å². The fraction of sp³-hybridized carbons (Fsp3) is 0.176. The van der Waals surface area contributed by atoms with Gasteiger partial charge in [0, 0.05) is 37.7 Å². The minimum absolute atomic E-state index is 0.0277. The Morgan fingerprint density at radius 1 is 1.17 bits per heavy atom. The molecule has 0 fully saturated rings. The lowest BCUT2D eigenvalue weighted by Crippen LogP contribution is -2.27. The van der Waals surface area contributed by atoms with Gasteiger partial charge in [0.05, 0.1) is 17.6 Å². The van der Waals surface area contributed by atoms with Gasteiger partial charge in [0.2, 0.25) is 5.91 Å². The highest BCUT2D eigenvalue weighted by Crippen LogP contribution is 2.13. The molecule has 0 radical (unpaired) electrons. The number of rotatable bonds is 6. The first kappa shape index (κ1) is 16.2. The zero-order chi connectivity index (χ0) is 16.8. The molecule has 2 heterocycles. The highest BCUT2D eigenvalue weighted by Gasteiger charge is 2.12. The third kappa shape index (κ3) is 4.20. The highest BCUT2D eigenvalue weighted by atomic mass is 32.2. The van der Waals surface area contributed by atoms with Gasteiger partial charge < -0.3 is 4.90 Å². The molecule has 122 valence electrons.